The molecular formula is C21H27FN2O. The van der Waals surface area contributed by atoms with Gasteiger partial charge in [-0.15, -0.1) is 0 Å². The van der Waals surface area contributed by atoms with Crippen molar-refractivity contribution in [1.82, 2.24) is 4.90 Å². The second kappa shape index (κ2) is 8.86. The summed E-state index contributed by atoms with van der Waals surface area (Å²) >= 11 is 0. The number of hydrogen-bond acceptors (Lipinski definition) is 3. The first-order valence-corrected chi connectivity index (χ1v) is 9.11. The SMILES string of the molecule is CN(c1ccccc1)C1CCN(CCCOc2ccc(F)cc2)CC1. The van der Waals surface area contributed by atoms with Crippen LogP contribution in [0.5, 0.6) is 5.75 Å². The van der Waals surface area contributed by atoms with Gasteiger partial charge in [-0.25, -0.2) is 4.39 Å². The second-order valence-corrected chi connectivity index (χ2v) is 6.68. The Kier molecular flexibility index (Phi) is 6.29. The standard InChI is InChI=1S/C21H27FN2O/c1-23(19-6-3-2-4-7-19)20-12-15-24(16-13-20)14-5-17-25-21-10-8-18(22)9-11-21/h2-4,6-11,20H,5,12-17H2,1H3. The van der Waals surface area contributed by atoms with Gasteiger partial charge >= 0.3 is 0 Å². The van der Waals surface area contributed by atoms with Crippen molar-refractivity contribution in [2.45, 2.75) is 25.3 Å². The zero-order chi connectivity index (χ0) is 17.5. The van der Waals surface area contributed by atoms with E-state index in [9.17, 15) is 4.39 Å². The fourth-order valence-corrected chi connectivity index (χ4v) is 3.41. The Hall–Kier alpha value is -2.07. The molecule has 2 aromatic rings. The molecule has 1 heterocycles. The van der Waals surface area contributed by atoms with Crippen LogP contribution in [-0.4, -0.2) is 44.2 Å². The molecule has 3 nitrogen and oxygen atoms in total. The highest BCUT2D eigenvalue weighted by Crippen LogP contribution is 2.22. The van der Waals surface area contributed by atoms with Crippen LogP contribution in [0.2, 0.25) is 0 Å². The highest BCUT2D eigenvalue weighted by Gasteiger charge is 2.22. The molecule has 4 heteroatoms. The van der Waals surface area contributed by atoms with Crippen LogP contribution in [-0.2, 0) is 0 Å². The van der Waals surface area contributed by atoms with Crippen molar-refractivity contribution in [3.63, 3.8) is 0 Å². The number of hydrogen-bond donors (Lipinski definition) is 0. The van der Waals surface area contributed by atoms with Crippen molar-refractivity contribution in [2.75, 3.05) is 38.2 Å². The summed E-state index contributed by atoms with van der Waals surface area (Å²) in [6.07, 6.45) is 3.39. The number of para-hydroxylation sites is 1. The summed E-state index contributed by atoms with van der Waals surface area (Å²) in [5.74, 6) is 0.514. The van der Waals surface area contributed by atoms with Crippen LogP contribution in [0.3, 0.4) is 0 Å². The highest BCUT2D eigenvalue weighted by molar-refractivity contribution is 5.46. The molecule has 0 amide bonds. The van der Waals surface area contributed by atoms with Gasteiger partial charge in [-0.05, 0) is 55.7 Å². The minimum absolute atomic E-state index is 0.226. The molecule has 0 saturated carbocycles. The number of nitrogens with zero attached hydrogens (tertiary/aromatic N) is 2. The summed E-state index contributed by atoms with van der Waals surface area (Å²) in [7, 11) is 2.20. The summed E-state index contributed by atoms with van der Waals surface area (Å²) < 4.78 is 18.5. The van der Waals surface area contributed by atoms with Crippen LogP contribution in [0.15, 0.2) is 54.6 Å². The average Bonchev–Trinajstić information content (AvgIpc) is 2.67. The van der Waals surface area contributed by atoms with Gasteiger partial charge in [-0.1, -0.05) is 18.2 Å². The van der Waals surface area contributed by atoms with E-state index in [2.05, 4.69) is 47.2 Å². The molecule has 0 atom stereocenters. The topological polar surface area (TPSA) is 15.7 Å². The maximum Gasteiger partial charge on any atom is 0.123 e. The van der Waals surface area contributed by atoms with Gasteiger partial charge in [0.15, 0.2) is 0 Å². The lowest BCUT2D eigenvalue weighted by atomic mass is 10.0. The molecule has 1 aliphatic rings. The van der Waals surface area contributed by atoms with E-state index >= 15 is 0 Å². The van der Waals surface area contributed by atoms with E-state index in [1.165, 1.54) is 30.7 Å². The summed E-state index contributed by atoms with van der Waals surface area (Å²) in [5, 5.41) is 0. The lowest BCUT2D eigenvalue weighted by Gasteiger charge is -2.37. The van der Waals surface area contributed by atoms with Gasteiger partial charge in [0.2, 0.25) is 0 Å². The van der Waals surface area contributed by atoms with E-state index in [0.29, 0.717) is 12.6 Å². The van der Waals surface area contributed by atoms with E-state index in [1.807, 2.05) is 0 Å². The third-order valence-electron chi connectivity index (χ3n) is 4.97. The highest BCUT2D eigenvalue weighted by atomic mass is 19.1. The summed E-state index contributed by atoms with van der Waals surface area (Å²) in [4.78, 5) is 4.93. The molecular weight excluding hydrogens is 315 g/mol. The first-order chi connectivity index (χ1) is 12.2. The third-order valence-corrected chi connectivity index (χ3v) is 4.97. The van der Waals surface area contributed by atoms with Crippen molar-refractivity contribution >= 4 is 5.69 Å². The van der Waals surface area contributed by atoms with Gasteiger partial charge in [0.1, 0.15) is 11.6 Å². The maximum absolute atomic E-state index is 12.8. The van der Waals surface area contributed by atoms with Crippen LogP contribution in [0.4, 0.5) is 10.1 Å². The molecule has 2 aromatic carbocycles. The van der Waals surface area contributed by atoms with E-state index in [0.717, 1.165) is 31.8 Å². The smallest absolute Gasteiger partial charge is 0.123 e. The van der Waals surface area contributed by atoms with Gasteiger partial charge < -0.3 is 14.5 Å². The minimum Gasteiger partial charge on any atom is -0.494 e. The number of halogens is 1. The molecule has 0 N–H and O–H groups in total. The molecule has 1 fully saturated rings. The van der Waals surface area contributed by atoms with Crippen LogP contribution in [0.25, 0.3) is 0 Å². The lowest BCUT2D eigenvalue weighted by Crippen LogP contribution is -2.43. The Balaban J connectivity index is 1.34. The number of piperidine rings is 1. The average molecular weight is 342 g/mol. The predicted octanol–water partition coefficient (Wildman–Crippen LogP) is 4.20. The van der Waals surface area contributed by atoms with Crippen molar-refractivity contribution in [1.29, 1.82) is 0 Å². The van der Waals surface area contributed by atoms with Gasteiger partial charge in [-0.2, -0.15) is 0 Å². The van der Waals surface area contributed by atoms with Gasteiger partial charge in [0.05, 0.1) is 6.61 Å². The van der Waals surface area contributed by atoms with E-state index in [-0.39, 0.29) is 5.82 Å². The molecule has 134 valence electrons. The number of anilines is 1. The summed E-state index contributed by atoms with van der Waals surface area (Å²) in [6, 6.07) is 17.5. The number of ether oxygens (including phenoxy) is 1. The molecule has 0 unspecified atom stereocenters. The predicted molar refractivity (Wildman–Crippen MR) is 101 cm³/mol. The molecule has 3 rings (SSSR count). The fraction of sp³-hybridized carbons (Fsp3) is 0.429. The fourth-order valence-electron chi connectivity index (χ4n) is 3.41. The van der Waals surface area contributed by atoms with E-state index < -0.39 is 0 Å². The van der Waals surface area contributed by atoms with E-state index in [1.54, 1.807) is 12.1 Å². The Labute approximate surface area is 150 Å². The first-order valence-electron chi connectivity index (χ1n) is 9.11. The zero-order valence-corrected chi connectivity index (χ0v) is 14.9. The number of likely N-dealkylation sites (tertiary alicyclic amines) is 1. The monoisotopic (exact) mass is 342 g/mol. The van der Waals surface area contributed by atoms with Crippen molar-refractivity contribution in [3.8, 4) is 5.75 Å². The minimum atomic E-state index is -0.226. The first kappa shape index (κ1) is 17.7. The van der Waals surface area contributed by atoms with Crippen molar-refractivity contribution < 1.29 is 9.13 Å². The van der Waals surface area contributed by atoms with Gasteiger partial charge in [0.25, 0.3) is 0 Å². The molecule has 1 aliphatic heterocycles. The van der Waals surface area contributed by atoms with Gasteiger partial charge in [-0.3, -0.25) is 0 Å². The largest absolute Gasteiger partial charge is 0.494 e. The van der Waals surface area contributed by atoms with Crippen molar-refractivity contribution in [2.24, 2.45) is 0 Å². The second-order valence-electron chi connectivity index (χ2n) is 6.68. The zero-order valence-electron chi connectivity index (χ0n) is 14.9. The third kappa shape index (κ3) is 5.20. The molecule has 1 saturated heterocycles. The maximum atomic E-state index is 12.8. The van der Waals surface area contributed by atoms with Crippen molar-refractivity contribution in [3.05, 3.63) is 60.4 Å². The molecule has 0 aromatic heterocycles. The summed E-state index contributed by atoms with van der Waals surface area (Å²) in [6.45, 7) is 4.01. The molecule has 25 heavy (non-hydrogen) atoms. The molecule has 0 spiro atoms. The van der Waals surface area contributed by atoms with Crippen LogP contribution in [0, 0.1) is 5.82 Å². The Morgan fingerprint density at radius 2 is 1.72 bits per heavy atom. The number of rotatable bonds is 7. The van der Waals surface area contributed by atoms with Crippen LogP contribution >= 0.6 is 0 Å². The lowest BCUT2D eigenvalue weighted by molar-refractivity contribution is 0.192. The van der Waals surface area contributed by atoms with E-state index in [4.69, 9.17) is 4.74 Å². The van der Waals surface area contributed by atoms with Crippen LogP contribution in [0.1, 0.15) is 19.3 Å². The molecule has 0 radical (unpaired) electrons. The Bertz CT molecular complexity index is 624. The van der Waals surface area contributed by atoms with Gasteiger partial charge in [0, 0.05) is 38.4 Å². The van der Waals surface area contributed by atoms with Crippen LogP contribution < -0.4 is 9.64 Å². The summed E-state index contributed by atoms with van der Waals surface area (Å²) in [5.41, 5.74) is 1.30. The quantitative estimate of drug-likeness (QED) is 0.702. The molecule has 0 aliphatic carbocycles. The molecule has 0 bridgehead atoms. The Morgan fingerprint density at radius 1 is 1.04 bits per heavy atom. The Morgan fingerprint density at radius 3 is 2.40 bits per heavy atom. The number of benzene rings is 2. The normalized spacial score (nSPS) is 15.9.